The Kier molecular flexibility index (Phi) is 5.88. The van der Waals surface area contributed by atoms with Gasteiger partial charge in [-0.15, -0.1) is 0 Å². The summed E-state index contributed by atoms with van der Waals surface area (Å²) in [5, 5.41) is 13.8. The summed E-state index contributed by atoms with van der Waals surface area (Å²) in [4.78, 5) is 11.2. The van der Waals surface area contributed by atoms with Gasteiger partial charge in [-0.1, -0.05) is 25.1 Å². The van der Waals surface area contributed by atoms with Crippen LogP contribution in [0.15, 0.2) is 48.5 Å². The molecule has 0 aliphatic heterocycles. The van der Waals surface area contributed by atoms with Gasteiger partial charge in [0.05, 0.1) is 23.5 Å². The van der Waals surface area contributed by atoms with E-state index in [1.165, 1.54) is 11.1 Å². The highest BCUT2D eigenvalue weighted by Crippen LogP contribution is 2.36. The molecule has 0 saturated carbocycles. The van der Waals surface area contributed by atoms with Crippen molar-refractivity contribution >= 4 is 5.97 Å². The van der Waals surface area contributed by atoms with Gasteiger partial charge in [0, 0.05) is 0 Å². The summed E-state index contributed by atoms with van der Waals surface area (Å²) >= 11 is 0. The third-order valence-electron chi connectivity index (χ3n) is 5.86. The smallest absolute Gasteiger partial charge is 0.303 e. The SMILES string of the molecule is CCc1ccc(-n2nc(C)cc2COc2ccc3c(c2)CCCC3CC(=O)O)cc1. The molecule has 1 N–H and O–H groups in total. The molecule has 1 aromatic heterocycles. The lowest BCUT2D eigenvalue weighted by Gasteiger charge is -2.24. The minimum absolute atomic E-state index is 0.107. The molecule has 4 rings (SSSR count). The third kappa shape index (κ3) is 4.40. The zero-order valence-electron chi connectivity index (χ0n) is 17.6. The van der Waals surface area contributed by atoms with E-state index in [1.807, 2.05) is 23.7 Å². The number of benzene rings is 2. The number of aryl methyl sites for hydroxylation is 3. The van der Waals surface area contributed by atoms with Crippen molar-refractivity contribution in [2.75, 3.05) is 0 Å². The number of aliphatic carboxylic acids is 1. The number of carboxylic acid groups (broad SMARTS) is 1. The zero-order chi connectivity index (χ0) is 21.1. The van der Waals surface area contributed by atoms with E-state index >= 15 is 0 Å². The first-order valence-corrected chi connectivity index (χ1v) is 10.7. The molecule has 1 heterocycles. The van der Waals surface area contributed by atoms with Crippen LogP contribution in [0.2, 0.25) is 0 Å². The predicted molar refractivity (Wildman–Crippen MR) is 116 cm³/mol. The number of fused-ring (bicyclic) bond motifs is 1. The molecule has 0 fully saturated rings. The van der Waals surface area contributed by atoms with Gasteiger partial charge < -0.3 is 9.84 Å². The molecule has 5 heteroatoms. The molecule has 156 valence electrons. The van der Waals surface area contributed by atoms with E-state index in [-0.39, 0.29) is 12.3 Å². The second-order valence-corrected chi connectivity index (χ2v) is 8.05. The van der Waals surface area contributed by atoms with Crippen LogP contribution in [0, 0.1) is 6.92 Å². The fraction of sp³-hybridized carbons (Fsp3) is 0.360. The van der Waals surface area contributed by atoms with E-state index in [0.29, 0.717) is 6.61 Å². The molecular weight excluding hydrogens is 376 g/mol. The molecule has 0 amide bonds. The van der Waals surface area contributed by atoms with Gasteiger partial charge in [-0.2, -0.15) is 5.10 Å². The molecule has 3 aromatic rings. The Labute approximate surface area is 177 Å². The minimum Gasteiger partial charge on any atom is -0.487 e. The molecular formula is C25H28N2O3. The number of carboxylic acids is 1. The summed E-state index contributed by atoms with van der Waals surface area (Å²) in [5.74, 6) is 0.190. The summed E-state index contributed by atoms with van der Waals surface area (Å²) in [6.45, 7) is 4.56. The van der Waals surface area contributed by atoms with Crippen molar-refractivity contribution in [2.45, 2.75) is 58.5 Å². The van der Waals surface area contributed by atoms with Crippen LogP contribution in [0.3, 0.4) is 0 Å². The Balaban J connectivity index is 1.51. The second-order valence-electron chi connectivity index (χ2n) is 8.05. The van der Waals surface area contributed by atoms with Crippen molar-refractivity contribution in [3.05, 3.63) is 76.6 Å². The average Bonchev–Trinajstić information content (AvgIpc) is 3.12. The summed E-state index contributed by atoms with van der Waals surface area (Å²) in [5.41, 5.74) is 6.66. The van der Waals surface area contributed by atoms with Crippen LogP contribution in [0.4, 0.5) is 0 Å². The standard InChI is InChI=1S/C25H28N2O3/c1-3-18-7-9-21(10-8-18)27-22(13-17(2)26-27)16-30-23-11-12-24-19(14-23)5-4-6-20(24)15-25(28)29/h7-14,20H,3-6,15-16H2,1-2H3,(H,28,29). The fourth-order valence-electron chi connectivity index (χ4n) is 4.31. The Morgan fingerprint density at radius 3 is 2.73 bits per heavy atom. The quantitative estimate of drug-likeness (QED) is 0.587. The van der Waals surface area contributed by atoms with Gasteiger partial charge in [0.25, 0.3) is 0 Å². The van der Waals surface area contributed by atoms with Gasteiger partial charge in [0.1, 0.15) is 12.4 Å². The number of hydrogen-bond donors (Lipinski definition) is 1. The summed E-state index contributed by atoms with van der Waals surface area (Å²) < 4.78 is 8.06. The normalized spacial score (nSPS) is 15.6. The topological polar surface area (TPSA) is 64.4 Å². The van der Waals surface area contributed by atoms with Gasteiger partial charge in [-0.05, 0) is 85.5 Å². The van der Waals surface area contributed by atoms with Gasteiger partial charge in [-0.3, -0.25) is 4.79 Å². The van der Waals surface area contributed by atoms with E-state index in [4.69, 9.17) is 4.74 Å². The molecule has 0 radical (unpaired) electrons. The monoisotopic (exact) mass is 404 g/mol. The maximum atomic E-state index is 11.2. The average molecular weight is 405 g/mol. The Bertz CT molecular complexity index is 1040. The highest BCUT2D eigenvalue weighted by molar-refractivity contribution is 5.68. The van der Waals surface area contributed by atoms with Gasteiger partial charge in [0.15, 0.2) is 0 Å². The fourth-order valence-corrected chi connectivity index (χ4v) is 4.31. The van der Waals surface area contributed by atoms with E-state index in [9.17, 15) is 9.90 Å². The number of hydrogen-bond acceptors (Lipinski definition) is 3. The van der Waals surface area contributed by atoms with Crippen LogP contribution in [0.1, 0.15) is 60.2 Å². The Hall–Kier alpha value is -3.08. The molecule has 5 nitrogen and oxygen atoms in total. The molecule has 1 unspecified atom stereocenters. The van der Waals surface area contributed by atoms with Gasteiger partial charge in [-0.25, -0.2) is 4.68 Å². The molecule has 1 aliphatic rings. The van der Waals surface area contributed by atoms with Crippen molar-refractivity contribution in [1.29, 1.82) is 0 Å². The lowest BCUT2D eigenvalue weighted by atomic mass is 9.81. The lowest BCUT2D eigenvalue weighted by molar-refractivity contribution is -0.137. The van der Waals surface area contributed by atoms with Crippen LogP contribution in [-0.4, -0.2) is 20.9 Å². The minimum atomic E-state index is -0.733. The number of rotatable bonds is 7. The zero-order valence-corrected chi connectivity index (χ0v) is 17.6. The largest absolute Gasteiger partial charge is 0.487 e. The second kappa shape index (κ2) is 8.74. The molecule has 2 aromatic carbocycles. The highest BCUT2D eigenvalue weighted by atomic mass is 16.5. The number of ether oxygens (including phenoxy) is 1. The molecule has 0 saturated heterocycles. The Morgan fingerprint density at radius 1 is 1.20 bits per heavy atom. The maximum absolute atomic E-state index is 11.2. The van der Waals surface area contributed by atoms with Crippen molar-refractivity contribution in [2.24, 2.45) is 0 Å². The van der Waals surface area contributed by atoms with E-state index < -0.39 is 5.97 Å². The van der Waals surface area contributed by atoms with E-state index in [1.54, 1.807) is 0 Å². The summed E-state index contributed by atoms with van der Waals surface area (Å²) in [6, 6.07) is 16.6. The molecule has 0 spiro atoms. The van der Waals surface area contributed by atoms with Crippen LogP contribution in [0.25, 0.3) is 5.69 Å². The number of nitrogens with zero attached hydrogens (tertiary/aromatic N) is 2. The lowest BCUT2D eigenvalue weighted by Crippen LogP contribution is -2.13. The molecule has 0 bridgehead atoms. The van der Waals surface area contributed by atoms with E-state index in [0.717, 1.165) is 54.1 Å². The molecule has 1 atom stereocenters. The maximum Gasteiger partial charge on any atom is 0.303 e. The van der Waals surface area contributed by atoms with Crippen LogP contribution in [-0.2, 0) is 24.2 Å². The summed E-state index contributed by atoms with van der Waals surface area (Å²) in [7, 11) is 0. The first-order chi connectivity index (χ1) is 14.5. The van der Waals surface area contributed by atoms with Crippen molar-refractivity contribution in [3.63, 3.8) is 0 Å². The van der Waals surface area contributed by atoms with Crippen molar-refractivity contribution in [1.82, 2.24) is 9.78 Å². The van der Waals surface area contributed by atoms with Crippen LogP contribution < -0.4 is 4.74 Å². The van der Waals surface area contributed by atoms with Gasteiger partial charge >= 0.3 is 5.97 Å². The van der Waals surface area contributed by atoms with Crippen molar-refractivity contribution in [3.8, 4) is 11.4 Å². The summed E-state index contributed by atoms with van der Waals surface area (Å²) in [6.07, 6.45) is 4.15. The first kappa shape index (κ1) is 20.2. The number of carbonyl (C=O) groups is 1. The first-order valence-electron chi connectivity index (χ1n) is 10.7. The predicted octanol–water partition coefficient (Wildman–Crippen LogP) is 5.22. The Morgan fingerprint density at radius 2 is 2.00 bits per heavy atom. The molecule has 1 aliphatic carbocycles. The van der Waals surface area contributed by atoms with E-state index in [2.05, 4.69) is 48.4 Å². The molecule has 30 heavy (non-hydrogen) atoms. The highest BCUT2D eigenvalue weighted by Gasteiger charge is 2.23. The van der Waals surface area contributed by atoms with Gasteiger partial charge in [0.2, 0.25) is 0 Å². The third-order valence-corrected chi connectivity index (χ3v) is 5.86. The van der Waals surface area contributed by atoms with Crippen molar-refractivity contribution < 1.29 is 14.6 Å². The van der Waals surface area contributed by atoms with Crippen LogP contribution in [0.5, 0.6) is 5.75 Å². The number of aromatic nitrogens is 2. The van der Waals surface area contributed by atoms with Crippen LogP contribution >= 0.6 is 0 Å².